The van der Waals surface area contributed by atoms with Crippen molar-refractivity contribution in [2.75, 3.05) is 0 Å². The van der Waals surface area contributed by atoms with Gasteiger partial charge in [0.05, 0.1) is 17.0 Å². The molecule has 2 aromatic rings. The predicted octanol–water partition coefficient (Wildman–Crippen LogP) is 2.80. The van der Waals surface area contributed by atoms with Gasteiger partial charge in [0, 0.05) is 5.92 Å². The van der Waals surface area contributed by atoms with Crippen LogP contribution in [0.15, 0.2) is 59.5 Å². The average molecular weight is 326 g/mol. The molecule has 6 heteroatoms. The summed E-state index contributed by atoms with van der Waals surface area (Å²) in [5.74, 6) is -1.39. The lowest BCUT2D eigenvalue weighted by atomic mass is 10.0. The minimum absolute atomic E-state index is 0.0544. The Kier molecular flexibility index (Phi) is 3.43. The normalized spacial score (nSPS) is 21.9. The molecule has 1 fully saturated rings. The summed E-state index contributed by atoms with van der Waals surface area (Å²) in [4.78, 5) is 0.0544. The molecule has 114 valence electrons. The van der Waals surface area contributed by atoms with Gasteiger partial charge in [0.15, 0.2) is 15.3 Å². The van der Waals surface area contributed by atoms with Gasteiger partial charge in [-0.3, -0.25) is 0 Å². The van der Waals surface area contributed by atoms with E-state index in [9.17, 15) is 23.3 Å². The number of nitriles is 2. The second-order valence-electron chi connectivity index (χ2n) is 5.40. The first-order valence-electron chi connectivity index (χ1n) is 6.84. The van der Waals surface area contributed by atoms with Crippen molar-refractivity contribution in [3.63, 3.8) is 0 Å². The lowest BCUT2D eigenvalue weighted by Gasteiger charge is -2.03. The summed E-state index contributed by atoms with van der Waals surface area (Å²) in [6.07, 6.45) is 0. The van der Waals surface area contributed by atoms with Gasteiger partial charge >= 0.3 is 0 Å². The SMILES string of the molecule is N#CC1(C#N)[C@@H](c2cccc(F)c2)[C@@H]1S(=O)(=O)c1ccccc1. The highest BCUT2D eigenvalue weighted by Gasteiger charge is 2.73. The molecular weight excluding hydrogens is 315 g/mol. The van der Waals surface area contributed by atoms with Crippen molar-refractivity contribution in [3.05, 3.63) is 66.0 Å². The number of hydrogen-bond acceptors (Lipinski definition) is 4. The monoisotopic (exact) mass is 326 g/mol. The van der Waals surface area contributed by atoms with E-state index in [0.717, 1.165) is 0 Å². The van der Waals surface area contributed by atoms with Crippen LogP contribution in [0.4, 0.5) is 4.39 Å². The van der Waals surface area contributed by atoms with E-state index in [0.29, 0.717) is 5.56 Å². The maximum atomic E-state index is 13.4. The maximum absolute atomic E-state index is 13.4. The average Bonchev–Trinajstić information content (AvgIpc) is 3.26. The van der Waals surface area contributed by atoms with Crippen molar-refractivity contribution in [1.82, 2.24) is 0 Å². The maximum Gasteiger partial charge on any atom is 0.184 e. The van der Waals surface area contributed by atoms with Crippen molar-refractivity contribution >= 4 is 9.84 Å². The zero-order valence-electron chi connectivity index (χ0n) is 11.8. The molecule has 0 amide bonds. The fraction of sp³-hybridized carbons (Fsp3) is 0.176. The van der Waals surface area contributed by atoms with Gasteiger partial charge in [-0.2, -0.15) is 10.5 Å². The summed E-state index contributed by atoms with van der Waals surface area (Å²) in [6, 6.07) is 16.7. The Morgan fingerprint density at radius 2 is 1.65 bits per heavy atom. The quantitative estimate of drug-likeness (QED) is 0.868. The summed E-state index contributed by atoms with van der Waals surface area (Å²) in [5.41, 5.74) is -1.35. The van der Waals surface area contributed by atoms with Crippen molar-refractivity contribution in [2.45, 2.75) is 16.1 Å². The van der Waals surface area contributed by atoms with Gasteiger partial charge in [0.25, 0.3) is 0 Å². The zero-order valence-corrected chi connectivity index (χ0v) is 12.7. The summed E-state index contributed by atoms with van der Waals surface area (Å²) >= 11 is 0. The Morgan fingerprint density at radius 1 is 1.00 bits per heavy atom. The molecule has 23 heavy (non-hydrogen) atoms. The van der Waals surface area contributed by atoms with Crippen molar-refractivity contribution in [2.24, 2.45) is 5.41 Å². The standard InChI is InChI=1S/C17H11FN2O2S/c18-13-6-4-5-12(9-13)15-16(17(15,10-19)11-20)23(21,22)14-7-2-1-3-8-14/h1-9,15-16H/t15-,16-/m0/s1. The number of halogens is 1. The Balaban J connectivity index is 2.12. The van der Waals surface area contributed by atoms with Gasteiger partial charge in [-0.15, -0.1) is 0 Å². The van der Waals surface area contributed by atoms with Gasteiger partial charge in [0.1, 0.15) is 11.1 Å². The highest BCUT2D eigenvalue weighted by Crippen LogP contribution is 2.63. The van der Waals surface area contributed by atoms with E-state index in [4.69, 9.17) is 0 Å². The van der Waals surface area contributed by atoms with E-state index in [1.54, 1.807) is 18.2 Å². The van der Waals surface area contributed by atoms with Crippen molar-refractivity contribution < 1.29 is 12.8 Å². The Bertz CT molecular complexity index is 929. The molecular formula is C17H11FN2O2S. The molecule has 0 aliphatic heterocycles. The van der Waals surface area contributed by atoms with Gasteiger partial charge in [0.2, 0.25) is 0 Å². The molecule has 0 unspecified atom stereocenters. The molecule has 1 saturated carbocycles. The van der Waals surface area contributed by atoms with Crippen LogP contribution in [0.1, 0.15) is 11.5 Å². The fourth-order valence-electron chi connectivity index (χ4n) is 2.97. The first-order chi connectivity index (χ1) is 11.0. The molecule has 0 N–H and O–H groups in total. The van der Waals surface area contributed by atoms with Crippen LogP contribution in [-0.2, 0) is 9.84 Å². The highest BCUT2D eigenvalue weighted by atomic mass is 32.2. The molecule has 0 bridgehead atoms. The van der Waals surface area contributed by atoms with Crippen LogP contribution in [0.3, 0.4) is 0 Å². The van der Waals surface area contributed by atoms with Crippen molar-refractivity contribution in [3.8, 4) is 12.1 Å². The van der Waals surface area contributed by atoms with Crippen LogP contribution in [0.25, 0.3) is 0 Å². The molecule has 0 saturated heterocycles. The number of rotatable bonds is 3. The molecule has 2 aromatic carbocycles. The predicted molar refractivity (Wildman–Crippen MR) is 80.2 cm³/mol. The minimum atomic E-state index is -3.88. The number of hydrogen-bond donors (Lipinski definition) is 0. The third-order valence-corrected chi connectivity index (χ3v) is 6.36. The van der Waals surface area contributed by atoms with Gasteiger partial charge in [-0.05, 0) is 29.8 Å². The fourth-order valence-corrected chi connectivity index (χ4v) is 5.19. The van der Waals surface area contributed by atoms with Crippen LogP contribution in [0.2, 0.25) is 0 Å². The van der Waals surface area contributed by atoms with E-state index >= 15 is 0 Å². The van der Waals surface area contributed by atoms with Crippen LogP contribution >= 0.6 is 0 Å². The smallest absolute Gasteiger partial charge is 0.184 e. The third kappa shape index (κ3) is 2.19. The number of benzene rings is 2. The first kappa shape index (κ1) is 15.2. The van der Waals surface area contributed by atoms with E-state index in [2.05, 4.69) is 0 Å². The molecule has 2 atom stereocenters. The van der Waals surface area contributed by atoms with Crippen LogP contribution in [0.5, 0.6) is 0 Å². The topological polar surface area (TPSA) is 81.7 Å². The first-order valence-corrected chi connectivity index (χ1v) is 8.39. The third-order valence-electron chi connectivity index (χ3n) is 4.12. The molecule has 1 aliphatic carbocycles. The Hall–Kier alpha value is -2.70. The lowest BCUT2D eigenvalue weighted by Crippen LogP contribution is -2.14. The summed E-state index contributed by atoms with van der Waals surface area (Å²) in [5, 5.41) is 17.6. The second kappa shape index (κ2) is 5.19. The molecule has 3 rings (SSSR count). The van der Waals surface area contributed by atoms with Crippen LogP contribution in [-0.4, -0.2) is 13.7 Å². The molecule has 0 radical (unpaired) electrons. The van der Waals surface area contributed by atoms with Crippen molar-refractivity contribution in [1.29, 1.82) is 10.5 Å². The molecule has 0 heterocycles. The van der Waals surface area contributed by atoms with Gasteiger partial charge in [-0.1, -0.05) is 30.3 Å². The number of sulfone groups is 1. The molecule has 1 aliphatic rings. The lowest BCUT2D eigenvalue weighted by molar-refractivity contribution is 0.591. The van der Waals surface area contributed by atoms with Crippen LogP contribution < -0.4 is 0 Å². The zero-order chi connectivity index (χ0) is 16.7. The molecule has 0 spiro atoms. The number of nitrogens with zero attached hydrogens (tertiary/aromatic N) is 2. The summed E-state index contributed by atoms with van der Waals surface area (Å²) in [7, 11) is -3.88. The van der Waals surface area contributed by atoms with E-state index < -0.39 is 32.2 Å². The van der Waals surface area contributed by atoms with E-state index in [-0.39, 0.29) is 4.90 Å². The molecule has 4 nitrogen and oxygen atoms in total. The highest BCUT2D eigenvalue weighted by molar-refractivity contribution is 7.92. The van der Waals surface area contributed by atoms with E-state index in [1.165, 1.54) is 36.4 Å². The summed E-state index contributed by atoms with van der Waals surface area (Å²) in [6.45, 7) is 0. The Labute approximate surface area is 133 Å². The Morgan fingerprint density at radius 3 is 2.22 bits per heavy atom. The van der Waals surface area contributed by atoms with Crippen LogP contribution in [0, 0.1) is 33.9 Å². The van der Waals surface area contributed by atoms with Gasteiger partial charge < -0.3 is 0 Å². The largest absolute Gasteiger partial charge is 0.223 e. The van der Waals surface area contributed by atoms with E-state index in [1.807, 2.05) is 12.1 Å². The summed E-state index contributed by atoms with van der Waals surface area (Å²) < 4.78 is 39.0. The minimum Gasteiger partial charge on any atom is -0.223 e. The van der Waals surface area contributed by atoms with Gasteiger partial charge in [-0.25, -0.2) is 12.8 Å². The second-order valence-corrected chi connectivity index (χ2v) is 7.47. The molecule has 0 aromatic heterocycles.